The van der Waals surface area contributed by atoms with Crippen molar-refractivity contribution < 1.29 is 19.1 Å². The molecule has 3 amide bonds. The van der Waals surface area contributed by atoms with Crippen LogP contribution in [-0.4, -0.2) is 55.5 Å². The molecule has 190 valence electrons. The predicted octanol–water partition coefficient (Wildman–Crippen LogP) is 3.76. The summed E-state index contributed by atoms with van der Waals surface area (Å²) in [5, 5.41) is 6.84. The third kappa shape index (κ3) is 4.52. The van der Waals surface area contributed by atoms with Gasteiger partial charge in [-0.05, 0) is 87.5 Å². The van der Waals surface area contributed by atoms with Gasteiger partial charge in [-0.1, -0.05) is 0 Å². The van der Waals surface area contributed by atoms with Crippen LogP contribution in [0.15, 0.2) is 0 Å². The Balaban J connectivity index is 1.09. The maximum absolute atomic E-state index is 13.4. The van der Waals surface area contributed by atoms with Crippen LogP contribution in [0.5, 0.6) is 0 Å². The second kappa shape index (κ2) is 9.51. The summed E-state index contributed by atoms with van der Waals surface area (Å²) >= 11 is 1.56. The molecule has 2 heterocycles. The maximum Gasteiger partial charge on any atom is 0.257 e. The number of rotatable bonds is 6. The number of thiophene rings is 1. The monoisotopic (exact) mass is 499 g/mol. The summed E-state index contributed by atoms with van der Waals surface area (Å²) in [6, 6.07) is 0. The van der Waals surface area contributed by atoms with E-state index in [1.165, 1.54) is 24.1 Å². The van der Waals surface area contributed by atoms with Crippen LogP contribution in [0.2, 0.25) is 0 Å². The highest BCUT2D eigenvalue weighted by molar-refractivity contribution is 7.17. The van der Waals surface area contributed by atoms with Crippen LogP contribution in [0.3, 0.4) is 0 Å². The van der Waals surface area contributed by atoms with Gasteiger partial charge in [0.15, 0.2) is 0 Å². The normalized spacial score (nSPS) is 31.2. The van der Waals surface area contributed by atoms with Crippen LogP contribution in [0, 0.1) is 23.2 Å². The second-order valence-corrected chi connectivity index (χ2v) is 12.7. The van der Waals surface area contributed by atoms with E-state index in [9.17, 15) is 14.4 Å². The fourth-order valence-corrected chi connectivity index (χ4v) is 9.16. The zero-order valence-electron chi connectivity index (χ0n) is 20.5. The van der Waals surface area contributed by atoms with Gasteiger partial charge in [-0.3, -0.25) is 14.4 Å². The van der Waals surface area contributed by atoms with Gasteiger partial charge < -0.3 is 20.3 Å². The summed E-state index contributed by atoms with van der Waals surface area (Å²) in [5.74, 6) is 2.22. The van der Waals surface area contributed by atoms with Crippen molar-refractivity contribution in [3.8, 4) is 0 Å². The van der Waals surface area contributed by atoms with E-state index in [4.69, 9.17) is 4.74 Å². The molecule has 1 aromatic rings. The van der Waals surface area contributed by atoms with E-state index in [-0.39, 0.29) is 29.6 Å². The number of nitrogens with one attached hydrogen (secondary N) is 2. The van der Waals surface area contributed by atoms with E-state index >= 15 is 0 Å². The van der Waals surface area contributed by atoms with E-state index in [0.29, 0.717) is 43.4 Å². The molecule has 5 aliphatic carbocycles. The molecule has 1 aromatic heterocycles. The Morgan fingerprint density at radius 1 is 0.971 bits per heavy atom. The average Bonchev–Trinajstić information content (AvgIpc) is 3.21. The molecule has 8 heteroatoms. The second-order valence-electron chi connectivity index (χ2n) is 11.6. The first-order valence-electron chi connectivity index (χ1n) is 13.6. The fourth-order valence-electron chi connectivity index (χ4n) is 7.86. The Morgan fingerprint density at radius 2 is 1.63 bits per heavy atom. The molecule has 4 bridgehead atoms. The van der Waals surface area contributed by atoms with Crippen molar-refractivity contribution in [2.75, 3.05) is 38.2 Å². The maximum atomic E-state index is 13.4. The SMILES string of the molecule is O=C(CCNC(=O)C12CC3CC(CC(C3)C1)C2)Nc1sc2c(c1C(=O)N1CCOCC1)CCCC2. The molecule has 0 unspecified atom stereocenters. The molecule has 0 spiro atoms. The quantitative estimate of drug-likeness (QED) is 0.624. The Kier molecular flexibility index (Phi) is 6.37. The zero-order valence-corrected chi connectivity index (χ0v) is 21.4. The molecule has 1 aliphatic heterocycles. The zero-order chi connectivity index (χ0) is 24.0. The lowest BCUT2D eigenvalue weighted by molar-refractivity contribution is -0.146. The number of hydrogen-bond donors (Lipinski definition) is 2. The van der Waals surface area contributed by atoms with Gasteiger partial charge in [0.2, 0.25) is 11.8 Å². The lowest BCUT2D eigenvalue weighted by Crippen LogP contribution is -2.53. The van der Waals surface area contributed by atoms with Crippen molar-refractivity contribution in [3.05, 3.63) is 16.0 Å². The first kappa shape index (κ1) is 23.5. The number of nitrogens with zero attached hydrogens (tertiary/aromatic N) is 1. The highest BCUT2D eigenvalue weighted by Gasteiger charge is 2.54. The smallest absolute Gasteiger partial charge is 0.257 e. The van der Waals surface area contributed by atoms with Crippen LogP contribution >= 0.6 is 11.3 Å². The number of carbonyl (C=O) groups is 3. The van der Waals surface area contributed by atoms with Crippen molar-refractivity contribution in [2.45, 2.75) is 70.6 Å². The van der Waals surface area contributed by atoms with Crippen LogP contribution in [0.25, 0.3) is 0 Å². The number of anilines is 1. The summed E-state index contributed by atoms with van der Waals surface area (Å²) in [7, 11) is 0. The summed E-state index contributed by atoms with van der Waals surface area (Å²) in [6.07, 6.45) is 11.3. The van der Waals surface area contributed by atoms with Crippen LogP contribution in [0.1, 0.15) is 78.6 Å². The number of carbonyl (C=O) groups excluding carboxylic acids is 3. The van der Waals surface area contributed by atoms with Gasteiger partial charge in [0.05, 0.1) is 18.8 Å². The van der Waals surface area contributed by atoms with Crippen molar-refractivity contribution in [2.24, 2.45) is 23.2 Å². The van der Waals surface area contributed by atoms with Crippen molar-refractivity contribution in [1.82, 2.24) is 10.2 Å². The molecule has 7 rings (SSSR count). The Labute approximate surface area is 211 Å². The first-order chi connectivity index (χ1) is 17.0. The lowest BCUT2D eigenvalue weighted by atomic mass is 9.49. The van der Waals surface area contributed by atoms with Gasteiger partial charge in [-0.25, -0.2) is 0 Å². The van der Waals surface area contributed by atoms with Gasteiger partial charge in [0, 0.05) is 36.3 Å². The van der Waals surface area contributed by atoms with Crippen LogP contribution < -0.4 is 10.6 Å². The molecule has 35 heavy (non-hydrogen) atoms. The minimum atomic E-state index is -0.185. The molecule has 0 atom stereocenters. The topological polar surface area (TPSA) is 87.7 Å². The fraction of sp³-hybridized carbons (Fsp3) is 0.741. The van der Waals surface area contributed by atoms with E-state index in [1.807, 2.05) is 4.90 Å². The van der Waals surface area contributed by atoms with Crippen molar-refractivity contribution in [1.29, 1.82) is 0 Å². The van der Waals surface area contributed by atoms with Crippen molar-refractivity contribution >= 4 is 34.1 Å². The largest absolute Gasteiger partial charge is 0.378 e. The molecule has 0 aromatic carbocycles. The molecule has 4 saturated carbocycles. The summed E-state index contributed by atoms with van der Waals surface area (Å²) in [4.78, 5) is 42.6. The predicted molar refractivity (Wildman–Crippen MR) is 135 cm³/mol. The summed E-state index contributed by atoms with van der Waals surface area (Å²) in [6.45, 7) is 2.65. The van der Waals surface area contributed by atoms with E-state index < -0.39 is 0 Å². The summed E-state index contributed by atoms with van der Waals surface area (Å²) < 4.78 is 5.42. The Bertz CT molecular complexity index is 977. The highest BCUT2D eigenvalue weighted by atomic mass is 32.1. The molecule has 1 saturated heterocycles. The molecular weight excluding hydrogens is 462 g/mol. The van der Waals surface area contributed by atoms with Gasteiger partial charge in [-0.2, -0.15) is 0 Å². The van der Waals surface area contributed by atoms with E-state index in [2.05, 4.69) is 10.6 Å². The average molecular weight is 500 g/mol. The molecular formula is C27H37N3O4S. The van der Waals surface area contributed by atoms with Gasteiger partial charge in [-0.15, -0.1) is 11.3 Å². The molecule has 0 radical (unpaired) electrons. The van der Waals surface area contributed by atoms with Crippen molar-refractivity contribution in [3.63, 3.8) is 0 Å². The van der Waals surface area contributed by atoms with E-state index in [1.54, 1.807) is 11.3 Å². The van der Waals surface area contributed by atoms with Gasteiger partial charge >= 0.3 is 0 Å². The number of amides is 3. The Hall–Kier alpha value is -1.93. The third-order valence-electron chi connectivity index (χ3n) is 9.09. The third-order valence-corrected chi connectivity index (χ3v) is 10.3. The number of aryl methyl sites for hydroxylation is 1. The highest BCUT2D eigenvalue weighted by Crippen LogP contribution is 2.60. The Morgan fingerprint density at radius 3 is 2.31 bits per heavy atom. The number of ether oxygens (including phenoxy) is 1. The summed E-state index contributed by atoms with van der Waals surface area (Å²) in [5.41, 5.74) is 1.64. The number of morpholine rings is 1. The van der Waals surface area contributed by atoms with Crippen LogP contribution in [0.4, 0.5) is 5.00 Å². The molecule has 6 aliphatic rings. The standard InChI is InChI=1S/C27H37N3O4S/c31-22(5-6-28-26(33)27-14-17-11-18(15-27)13-19(12-17)16-27)29-24-23(20-3-1-2-4-21(20)35-24)25(32)30-7-9-34-10-8-30/h17-19H,1-16H2,(H,28,33)(H,29,31). The minimum absolute atomic E-state index is 0.0121. The lowest BCUT2D eigenvalue weighted by Gasteiger charge is -2.55. The van der Waals surface area contributed by atoms with Gasteiger partial charge in [0.1, 0.15) is 5.00 Å². The number of hydrogen-bond acceptors (Lipinski definition) is 5. The molecule has 5 fully saturated rings. The number of fused-ring (bicyclic) bond motifs is 1. The van der Waals surface area contributed by atoms with E-state index in [0.717, 1.165) is 68.3 Å². The van der Waals surface area contributed by atoms with Crippen LogP contribution in [-0.2, 0) is 27.2 Å². The molecule has 7 nitrogen and oxygen atoms in total. The first-order valence-corrected chi connectivity index (χ1v) is 14.4. The molecule has 2 N–H and O–H groups in total. The minimum Gasteiger partial charge on any atom is -0.378 e. The van der Waals surface area contributed by atoms with Gasteiger partial charge in [0.25, 0.3) is 5.91 Å².